The van der Waals surface area contributed by atoms with Gasteiger partial charge in [-0.1, -0.05) is 15.9 Å². The van der Waals surface area contributed by atoms with Crippen molar-refractivity contribution < 1.29 is 33.7 Å². The molecule has 1 saturated heterocycles. The van der Waals surface area contributed by atoms with Crippen molar-refractivity contribution in [2.75, 3.05) is 24.3 Å². The molecule has 1 aliphatic heterocycles. The Morgan fingerprint density at radius 1 is 1.45 bits per heavy atom. The summed E-state index contributed by atoms with van der Waals surface area (Å²) in [6, 6.07) is 0. The van der Waals surface area contributed by atoms with Crippen LogP contribution in [0.15, 0.2) is 11.1 Å². The number of ketones is 1. The molecule has 13 nitrogen and oxygen atoms in total. The number of aliphatic hydroxyl groups is 2. The van der Waals surface area contributed by atoms with Crippen LogP contribution in [0.25, 0.3) is 11.2 Å². The maximum Gasteiger partial charge on any atom is 0.325 e. The third-order valence-corrected chi connectivity index (χ3v) is 6.19. The Labute approximate surface area is 176 Å². The molecule has 2 aromatic rings. The van der Waals surface area contributed by atoms with Gasteiger partial charge in [-0.15, -0.1) is 0 Å². The van der Waals surface area contributed by atoms with Crippen LogP contribution in [0.2, 0.25) is 0 Å². The van der Waals surface area contributed by atoms with Gasteiger partial charge < -0.3 is 34.6 Å². The number of carbonyl (C=O) groups is 1. The Kier molecular flexibility index (Phi) is 6.82. The van der Waals surface area contributed by atoms with Crippen LogP contribution in [0.5, 0.6) is 0 Å². The number of H-pyrrole nitrogens is 1. The van der Waals surface area contributed by atoms with Crippen LogP contribution in [0.3, 0.4) is 0 Å². The fourth-order valence-corrected chi connectivity index (χ4v) is 3.84. The van der Waals surface area contributed by atoms with E-state index in [1.54, 1.807) is 0 Å². The number of fused-ring (bicyclic) bond motifs is 1. The van der Waals surface area contributed by atoms with E-state index < -0.39 is 50.0 Å². The highest BCUT2D eigenvalue weighted by Crippen LogP contribution is 2.44. The summed E-state index contributed by atoms with van der Waals surface area (Å²) in [6.07, 6.45) is -3.91. The van der Waals surface area contributed by atoms with Gasteiger partial charge in [-0.2, -0.15) is 4.98 Å². The summed E-state index contributed by atoms with van der Waals surface area (Å²) in [7, 11) is 0. The van der Waals surface area contributed by atoms with Gasteiger partial charge in [-0.3, -0.25) is 19.1 Å². The van der Waals surface area contributed by atoms with Crippen LogP contribution in [0.4, 0.5) is 5.95 Å². The largest absolute Gasteiger partial charge is 0.387 e. The van der Waals surface area contributed by atoms with Crippen molar-refractivity contribution in [1.29, 1.82) is 0 Å². The van der Waals surface area contributed by atoms with E-state index in [0.717, 1.165) is 0 Å². The number of nitrogens with one attached hydrogen (secondary N) is 1. The number of aromatic nitrogens is 4. The lowest BCUT2D eigenvalue weighted by Gasteiger charge is -2.19. The van der Waals surface area contributed by atoms with Crippen molar-refractivity contribution in [1.82, 2.24) is 19.5 Å². The van der Waals surface area contributed by atoms with Crippen molar-refractivity contribution >= 4 is 57.4 Å². The van der Waals surface area contributed by atoms with Gasteiger partial charge in [0.05, 0.1) is 18.3 Å². The lowest BCUT2D eigenvalue weighted by Crippen LogP contribution is -2.33. The van der Waals surface area contributed by atoms with Crippen LogP contribution in [0, 0.1) is 0 Å². The SMILES string of the molecule is Nc1nc2c(ncn2[C@@H]2O[C@H](COP(O)(=S)OCC(=O)CBr)[C@@H](O)[C@H]2O)c(=O)[nH]1. The van der Waals surface area contributed by atoms with E-state index >= 15 is 0 Å². The van der Waals surface area contributed by atoms with E-state index in [9.17, 15) is 24.7 Å². The first-order valence-electron chi connectivity index (χ1n) is 8.06. The summed E-state index contributed by atoms with van der Waals surface area (Å²) < 4.78 is 16.8. The van der Waals surface area contributed by atoms with Crippen molar-refractivity contribution in [2.24, 2.45) is 0 Å². The van der Waals surface area contributed by atoms with Gasteiger partial charge in [0.2, 0.25) is 5.95 Å². The predicted octanol–water partition coefficient (Wildman–Crippen LogP) is -1.47. The highest BCUT2D eigenvalue weighted by molar-refractivity contribution is 9.09. The number of anilines is 1. The number of nitrogens with zero attached hydrogens (tertiary/aromatic N) is 3. The summed E-state index contributed by atoms with van der Waals surface area (Å²) in [6.45, 7) is -4.63. The van der Waals surface area contributed by atoms with Crippen LogP contribution in [0.1, 0.15) is 6.23 Å². The maximum absolute atomic E-state index is 11.9. The predicted molar refractivity (Wildman–Crippen MR) is 106 cm³/mol. The van der Waals surface area contributed by atoms with E-state index in [0.29, 0.717) is 0 Å². The zero-order valence-corrected chi connectivity index (χ0v) is 17.8. The Morgan fingerprint density at radius 2 is 2.17 bits per heavy atom. The van der Waals surface area contributed by atoms with Crippen LogP contribution < -0.4 is 11.3 Å². The van der Waals surface area contributed by atoms with E-state index in [2.05, 4.69) is 30.9 Å². The third kappa shape index (κ3) is 4.90. The number of nitrogens with two attached hydrogens (primary N) is 1. The Hall–Kier alpha value is -1.29. The molecular weight excluding hydrogens is 497 g/mol. The molecule has 0 saturated carbocycles. The van der Waals surface area contributed by atoms with Crippen LogP contribution in [-0.4, -0.2) is 77.3 Å². The molecule has 3 rings (SSSR count). The number of nitrogen functional groups attached to an aromatic ring is 1. The summed E-state index contributed by atoms with van der Waals surface area (Å²) in [5.74, 6) is -0.508. The normalized spacial score (nSPS) is 26.6. The molecule has 1 fully saturated rings. The van der Waals surface area contributed by atoms with Gasteiger partial charge in [0.25, 0.3) is 5.56 Å². The molecule has 16 heteroatoms. The molecule has 0 aliphatic carbocycles. The summed E-state index contributed by atoms with van der Waals surface area (Å²) in [5.41, 5.74) is 4.99. The number of hydrogen-bond donors (Lipinski definition) is 5. The number of carbonyl (C=O) groups excluding carboxylic acids is 1. The number of aliphatic hydroxyl groups excluding tert-OH is 2. The molecule has 0 amide bonds. The zero-order chi connectivity index (χ0) is 21.3. The fraction of sp³-hybridized carbons (Fsp3) is 0.538. The highest BCUT2D eigenvalue weighted by atomic mass is 79.9. The molecule has 0 spiro atoms. The molecule has 6 N–H and O–H groups in total. The second kappa shape index (κ2) is 8.83. The van der Waals surface area contributed by atoms with Gasteiger partial charge >= 0.3 is 6.72 Å². The van der Waals surface area contributed by atoms with Crippen molar-refractivity contribution in [2.45, 2.75) is 24.5 Å². The molecule has 0 bridgehead atoms. The number of alkyl halides is 1. The number of ether oxygens (including phenoxy) is 1. The molecule has 160 valence electrons. The monoisotopic (exact) mass is 513 g/mol. The standard InChI is InChI=1S/C13H17BrN5O8PS/c14-1-5(20)2-25-28(24,29)26-3-6-8(21)9(22)12(27-6)19-4-16-7-10(19)17-13(15)18-11(7)23/h4,6,8-9,12,21-22H,1-3H2,(H,24,29)(H3,15,17,18,23)/t6-,8-,9-,12-,28?/m1/s1. The first-order valence-corrected chi connectivity index (χ1v) is 11.8. The number of hydrogen-bond acceptors (Lipinski definition) is 11. The first kappa shape index (κ1) is 22.4. The van der Waals surface area contributed by atoms with Crippen LogP contribution in [-0.2, 0) is 30.4 Å². The van der Waals surface area contributed by atoms with Gasteiger partial charge in [0, 0.05) is 0 Å². The molecule has 3 heterocycles. The lowest BCUT2D eigenvalue weighted by molar-refractivity contribution is -0.118. The van der Waals surface area contributed by atoms with Gasteiger partial charge in [0.15, 0.2) is 23.2 Å². The Balaban J connectivity index is 1.72. The summed E-state index contributed by atoms with van der Waals surface area (Å²) in [4.78, 5) is 43.2. The average Bonchev–Trinajstić information content (AvgIpc) is 3.20. The first-order chi connectivity index (χ1) is 13.6. The van der Waals surface area contributed by atoms with Gasteiger partial charge in [-0.05, 0) is 11.8 Å². The van der Waals surface area contributed by atoms with Gasteiger partial charge in [-0.25, -0.2) is 4.98 Å². The van der Waals surface area contributed by atoms with Crippen molar-refractivity contribution in [3.8, 4) is 0 Å². The third-order valence-electron chi connectivity index (χ3n) is 4.00. The van der Waals surface area contributed by atoms with Gasteiger partial charge in [0.1, 0.15) is 24.9 Å². The Morgan fingerprint density at radius 3 is 2.86 bits per heavy atom. The molecule has 0 radical (unpaired) electrons. The number of Topliss-reactive ketones (excluding diaryl/α,β-unsaturated/α-hetero) is 1. The van der Waals surface area contributed by atoms with E-state index in [-0.39, 0.29) is 28.2 Å². The summed E-state index contributed by atoms with van der Waals surface area (Å²) >= 11 is 7.74. The maximum atomic E-state index is 11.9. The van der Waals surface area contributed by atoms with Crippen molar-refractivity contribution in [3.05, 3.63) is 16.7 Å². The molecule has 0 aromatic carbocycles. The summed E-state index contributed by atoms with van der Waals surface area (Å²) in [5, 5.41) is 20.6. The molecular formula is C13H17BrN5O8PS. The smallest absolute Gasteiger partial charge is 0.325 e. The highest BCUT2D eigenvalue weighted by Gasteiger charge is 2.45. The molecule has 1 aliphatic rings. The molecule has 29 heavy (non-hydrogen) atoms. The average molecular weight is 514 g/mol. The van der Waals surface area contributed by atoms with Crippen LogP contribution >= 0.6 is 22.6 Å². The Bertz CT molecular complexity index is 1020. The zero-order valence-electron chi connectivity index (χ0n) is 14.5. The quantitative estimate of drug-likeness (QED) is 0.203. The number of rotatable bonds is 8. The number of aromatic amines is 1. The molecule has 1 unspecified atom stereocenters. The second-order valence-electron chi connectivity index (χ2n) is 6.03. The lowest BCUT2D eigenvalue weighted by atomic mass is 10.1. The van der Waals surface area contributed by atoms with E-state index in [1.165, 1.54) is 10.9 Å². The minimum absolute atomic E-state index is 0.0279. The van der Waals surface area contributed by atoms with Crippen molar-refractivity contribution in [3.63, 3.8) is 0 Å². The van der Waals surface area contributed by atoms with E-state index in [4.69, 9.17) is 31.3 Å². The minimum Gasteiger partial charge on any atom is -0.387 e. The van der Waals surface area contributed by atoms with E-state index in [1.807, 2.05) is 0 Å². The number of imidazole rings is 1. The molecule has 2 aromatic heterocycles. The fourth-order valence-electron chi connectivity index (χ4n) is 2.62. The minimum atomic E-state index is -3.76. The second-order valence-corrected chi connectivity index (χ2v) is 9.43. The topological polar surface area (TPSA) is 195 Å². The molecule has 5 atom stereocenters. The number of halogens is 1.